The molecule has 2 saturated heterocycles. The number of hydrogen-bond donors (Lipinski definition) is 1. The van der Waals surface area contributed by atoms with Gasteiger partial charge in [0.05, 0.1) is 25.1 Å². The second-order valence-electron chi connectivity index (χ2n) is 7.41. The lowest BCUT2D eigenvalue weighted by molar-refractivity contribution is -0.120. The Morgan fingerprint density at radius 1 is 1.07 bits per heavy atom. The molecular weight excluding hydrogens is 354 g/mol. The molecule has 2 aromatic rings. The third-order valence-electron chi connectivity index (χ3n) is 5.57. The molecule has 0 unspecified atom stereocenters. The molecule has 148 valence electrons. The van der Waals surface area contributed by atoms with Gasteiger partial charge in [-0.1, -0.05) is 0 Å². The molecule has 0 spiro atoms. The van der Waals surface area contributed by atoms with E-state index in [1.54, 1.807) is 0 Å². The number of nitrogens with one attached hydrogen (secondary N) is 1. The lowest BCUT2D eigenvalue weighted by Gasteiger charge is -2.33. The van der Waals surface area contributed by atoms with Crippen LogP contribution >= 0.6 is 0 Å². The van der Waals surface area contributed by atoms with Crippen molar-refractivity contribution < 1.29 is 9.53 Å². The maximum atomic E-state index is 12.7. The summed E-state index contributed by atoms with van der Waals surface area (Å²) in [6.07, 6.45) is 7.24. The van der Waals surface area contributed by atoms with Crippen LogP contribution in [0.1, 0.15) is 18.4 Å². The predicted molar refractivity (Wildman–Crippen MR) is 110 cm³/mol. The van der Waals surface area contributed by atoms with Gasteiger partial charge < -0.3 is 19.9 Å². The van der Waals surface area contributed by atoms with Crippen molar-refractivity contribution in [3.63, 3.8) is 0 Å². The van der Waals surface area contributed by atoms with E-state index in [-0.39, 0.29) is 11.8 Å². The van der Waals surface area contributed by atoms with Gasteiger partial charge in [-0.3, -0.25) is 9.78 Å². The summed E-state index contributed by atoms with van der Waals surface area (Å²) in [7, 11) is 0. The molecule has 7 heteroatoms. The number of piperidine rings is 1. The molecule has 7 nitrogen and oxygen atoms in total. The first kappa shape index (κ1) is 18.7. The van der Waals surface area contributed by atoms with Gasteiger partial charge in [-0.25, -0.2) is 4.98 Å². The van der Waals surface area contributed by atoms with E-state index in [9.17, 15) is 4.79 Å². The highest BCUT2D eigenvalue weighted by molar-refractivity contribution is 5.92. The minimum absolute atomic E-state index is 0.0270. The Hall–Kier alpha value is -2.67. The Labute approximate surface area is 165 Å². The standard InChI is InChI=1S/C21H27N5O2/c1-16-14-22-7-4-19(16)26-8-5-17(6-9-26)21(27)24-20-3-2-18(15-23-20)25-10-12-28-13-11-25/h2-4,7,14-15,17H,5-6,8-13H2,1H3,(H,23,24,27). The molecule has 1 N–H and O–H groups in total. The van der Waals surface area contributed by atoms with Crippen LogP contribution in [0, 0.1) is 12.8 Å². The van der Waals surface area contributed by atoms with Crippen molar-refractivity contribution in [1.82, 2.24) is 9.97 Å². The number of morpholine rings is 1. The Kier molecular flexibility index (Phi) is 5.71. The number of aromatic nitrogens is 2. The van der Waals surface area contributed by atoms with Crippen LogP contribution in [0.25, 0.3) is 0 Å². The SMILES string of the molecule is Cc1cnccc1N1CCC(C(=O)Nc2ccc(N3CCOCC3)cn2)CC1. The number of aryl methyl sites for hydroxylation is 1. The van der Waals surface area contributed by atoms with Crippen molar-refractivity contribution in [2.75, 3.05) is 54.5 Å². The highest BCUT2D eigenvalue weighted by Gasteiger charge is 2.26. The number of anilines is 3. The highest BCUT2D eigenvalue weighted by Crippen LogP contribution is 2.26. The van der Waals surface area contributed by atoms with Gasteiger partial charge in [0.15, 0.2) is 0 Å². The second-order valence-corrected chi connectivity index (χ2v) is 7.41. The van der Waals surface area contributed by atoms with E-state index in [0.29, 0.717) is 5.82 Å². The molecule has 28 heavy (non-hydrogen) atoms. The van der Waals surface area contributed by atoms with E-state index in [1.165, 1.54) is 11.3 Å². The first-order chi connectivity index (χ1) is 13.7. The summed E-state index contributed by atoms with van der Waals surface area (Å²) in [6, 6.07) is 5.95. The van der Waals surface area contributed by atoms with Crippen molar-refractivity contribution in [3.05, 3.63) is 42.4 Å². The summed E-state index contributed by atoms with van der Waals surface area (Å²) in [5.41, 5.74) is 3.46. The van der Waals surface area contributed by atoms with Crippen LogP contribution in [0.2, 0.25) is 0 Å². The Bertz CT molecular complexity index is 797. The molecule has 2 fully saturated rings. The highest BCUT2D eigenvalue weighted by atomic mass is 16.5. The zero-order chi connectivity index (χ0) is 19.3. The maximum absolute atomic E-state index is 12.7. The van der Waals surface area contributed by atoms with Crippen LogP contribution in [-0.2, 0) is 9.53 Å². The van der Waals surface area contributed by atoms with Gasteiger partial charge in [0.2, 0.25) is 5.91 Å². The van der Waals surface area contributed by atoms with Crippen molar-refractivity contribution in [3.8, 4) is 0 Å². The molecule has 4 heterocycles. The molecule has 1 amide bonds. The molecule has 0 aromatic carbocycles. The first-order valence-corrected chi connectivity index (χ1v) is 9.96. The monoisotopic (exact) mass is 381 g/mol. The fourth-order valence-corrected chi connectivity index (χ4v) is 3.90. The van der Waals surface area contributed by atoms with E-state index in [2.05, 4.69) is 38.1 Å². The Balaban J connectivity index is 1.30. The van der Waals surface area contributed by atoms with Gasteiger partial charge in [0.1, 0.15) is 5.82 Å². The van der Waals surface area contributed by atoms with Gasteiger partial charge in [0.25, 0.3) is 0 Å². The molecule has 2 aliphatic rings. The average Bonchev–Trinajstić information content (AvgIpc) is 2.75. The largest absolute Gasteiger partial charge is 0.378 e. The van der Waals surface area contributed by atoms with Gasteiger partial charge in [-0.2, -0.15) is 0 Å². The van der Waals surface area contributed by atoms with E-state index in [0.717, 1.165) is 57.9 Å². The van der Waals surface area contributed by atoms with Crippen molar-refractivity contribution in [1.29, 1.82) is 0 Å². The van der Waals surface area contributed by atoms with Gasteiger partial charge >= 0.3 is 0 Å². The molecular formula is C21H27N5O2. The van der Waals surface area contributed by atoms with E-state index >= 15 is 0 Å². The second kappa shape index (κ2) is 8.56. The average molecular weight is 381 g/mol. The van der Waals surface area contributed by atoms with Gasteiger partial charge in [0, 0.05) is 50.2 Å². The lowest BCUT2D eigenvalue weighted by atomic mass is 9.95. The smallest absolute Gasteiger partial charge is 0.228 e. The summed E-state index contributed by atoms with van der Waals surface area (Å²) >= 11 is 0. The fraction of sp³-hybridized carbons (Fsp3) is 0.476. The molecule has 4 rings (SSSR count). The van der Waals surface area contributed by atoms with Gasteiger partial charge in [-0.15, -0.1) is 0 Å². The molecule has 2 aromatic heterocycles. The molecule has 0 saturated carbocycles. The van der Waals surface area contributed by atoms with E-state index < -0.39 is 0 Å². The summed E-state index contributed by atoms with van der Waals surface area (Å²) < 4.78 is 5.38. The number of rotatable bonds is 4. The third-order valence-corrected chi connectivity index (χ3v) is 5.57. The van der Waals surface area contributed by atoms with Crippen LogP contribution in [0.5, 0.6) is 0 Å². The van der Waals surface area contributed by atoms with Crippen LogP contribution in [0.3, 0.4) is 0 Å². The van der Waals surface area contributed by atoms with Crippen molar-refractivity contribution >= 4 is 23.1 Å². The number of carbonyl (C=O) groups excluding carboxylic acids is 1. The van der Waals surface area contributed by atoms with E-state index in [1.807, 2.05) is 30.7 Å². The first-order valence-electron chi connectivity index (χ1n) is 9.96. The molecule has 0 aliphatic carbocycles. The molecule has 0 bridgehead atoms. The van der Waals surface area contributed by atoms with Gasteiger partial charge in [-0.05, 0) is 43.5 Å². The van der Waals surface area contributed by atoms with Crippen LogP contribution in [0.4, 0.5) is 17.2 Å². The number of ether oxygens (including phenoxy) is 1. The summed E-state index contributed by atoms with van der Waals surface area (Å²) in [4.78, 5) is 25.8. The summed E-state index contributed by atoms with van der Waals surface area (Å²) in [5.74, 6) is 0.714. The zero-order valence-corrected chi connectivity index (χ0v) is 16.3. The normalized spacial score (nSPS) is 18.2. The van der Waals surface area contributed by atoms with Crippen LogP contribution in [0.15, 0.2) is 36.8 Å². The van der Waals surface area contributed by atoms with E-state index in [4.69, 9.17) is 4.74 Å². The minimum Gasteiger partial charge on any atom is -0.378 e. The maximum Gasteiger partial charge on any atom is 0.228 e. The van der Waals surface area contributed by atoms with Crippen LogP contribution in [-0.4, -0.2) is 55.3 Å². The lowest BCUT2D eigenvalue weighted by Crippen LogP contribution is -2.38. The molecule has 2 aliphatic heterocycles. The quantitative estimate of drug-likeness (QED) is 0.877. The number of amides is 1. The minimum atomic E-state index is 0.0270. The number of carbonyl (C=O) groups is 1. The number of nitrogens with zero attached hydrogens (tertiary/aromatic N) is 4. The fourth-order valence-electron chi connectivity index (χ4n) is 3.90. The molecule has 0 radical (unpaired) electrons. The third kappa shape index (κ3) is 4.25. The zero-order valence-electron chi connectivity index (χ0n) is 16.3. The Morgan fingerprint density at radius 3 is 2.54 bits per heavy atom. The number of hydrogen-bond acceptors (Lipinski definition) is 6. The molecule has 0 atom stereocenters. The summed E-state index contributed by atoms with van der Waals surface area (Å²) in [5, 5.41) is 2.99. The van der Waals surface area contributed by atoms with Crippen molar-refractivity contribution in [2.45, 2.75) is 19.8 Å². The number of pyridine rings is 2. The van der Waals surface area contributed by atoms with Crippen LogP contribution < -0.4 is 15.1 Å². The predicted octanol–water partition coefficient (Wildman–Crippen LogP) is 2.48. The summed E-state index contributed by atoms with van der Waals surface area (Å²) in [6.45, 7) is 7.09. The Morgan fingerprint density at radius 2 is 1.86 bits per heavy atom. The topological polar surface area (TPSA) is 70.6 Å². The van der Waals surface area contributed by atoms with Crippen molar-refractivity contribution in [2.24, 2.45) is 5.92 Å².